The molecule has 0 unspecified atom stereocenters. The molecule has 0 spiro atoms. The third-order valence-corrected chi connectivity index (χ3v) is 2.29. The van der Waals surface area contributed by atoms with Gasteiger partial charge in [-0.2, -0.15) is 0 Å². The first-order valence-corrected chi connectivity index (χ1v) is 5.79. The number of nitrogens with zero attached hydrogens (tertiary/aromatic N) is 1. The van der Waals surface area contributed by atoms with E-state index in [0.29, 0.717) is 0 Å². The summed E-state index contributed by atoms with van der Waals surface area (Å²) in [5.41, 5.74) is 0. The Morgan fingerprint density at radius 2 is 1.31 bits per heavy atom. The van der Waals surface area contributed by atoms with Gasteiger partial charge in [0.05, 0.1) is 0 Å². The Balaban J connectivity index is 0.000000189. The average molecular weight is 186 g/mol. The van der Waals surface area contributed by atoms with Gasteiger partial charge in [-0.05, 0) is 58.9 Å². The molecule has 0 amide bonds. The van der Waals surface area contributed by atoms with Crippen LogP contribution in [0, 0.1) is 0 Å². The van der Waals surface area contributed by atoms with Crippen molar-refractivity contribution in [2.45, 2.75) is 39.5 Å². The van der Waals surface area contributed by atoms with Gasteiger partial charge in [-0.3, -0.25) is 0 Å². The third kappa shape index (κ3) is 8.26. The molecule has 0 aliphatic carbocycles. The van der Waals surface area contributed by atoms with Crippen LogP contribution in [0.15, 0.2) is 0 Å². The summed E-state index contributed by atoms with van der Waals surface area (Å²) in [6.07, 6.45) is 5.60. The summed E-state index contributed by atoms with van der Waals surface area (Å²) in [4.78, 5) is 2.36. The van der Waals surface area contributed by atoms with Gasteiger partial charge in [0.2, 0.25) is 0 Å². The van der Waals surface area contributed by atoms with E-state index in [1.807, 2.05) is 13.8 Å². The highest BCUT2D eigenvalue weighted by Crippen LogP contribution is 2.02. The Bertz CT molecular complexity index is 76.5. The lowest BCUT2D eigenvalue weighted by Gasteiger charge is -2.01. The van der Waals surface area contributed by atoms with Crippen LogP contribution < -0.4 is 5.32 Å². The molecule has 2 heteroatoms. The van der Waals surface area contributed by atoms with Crippen molar-refractivity contribution in [3.63, 3.8) is 0 Å². The molecular weight excluding hydrogens is 160 g/mol. The molecule has 2 fully saturated rings. The zero-order valence-corrected chi connectivity index (χ0v) is 9.60. The molecule has 2 aliphatic heterocycles. The van der Waals surface area contributed by atoms with Crippen molar-refractivity contribution in [1.29, 1.82) is 0 Å². The van der Waals surface area contributed by atoms with Crippen molar-refractivity contribution in [2.75, 3.05) is 33.2 Å². The number of hydrogen-bond donors (Lipinski definition) is 1. The van der Waals surface area contributed by atoms with Gasteiger partial charge in [0, 0.05) is 0 Å². The van der Waals surface area contributed by atoms with Crippen LogP contribution in [0.4, 0.5) is 0 Å². The largest absolute Gasteiger partial charge is 0.317 e. The molecule has 2 rings (SSSR count). The molecule has 0 bridgehead atoms. The van der Waals surface area contributed by atoms with Gasteiger partial charge in [0.25, 0.3) is 0 Å². The van der Waals surface area contributed by atoms with Crippen molar-refractivity contribution in [2.24, 2.45) is 0 Å². The summed E-state index contributed by atoms with van der Waals surface area (Å²) in [6.45, 7) is 9.14. The second-order valence-electron chi connectivity index (χ2n) is 3.47. The fourth-order valence-corrected chi connectivity index (χ4v) is 1.50. The van der Waals surface area contributed by atoms with E-state index in [2.05, 4.69) is 17.3 Å². The zero-order valence-electron chi connectivity index (χ0n) is 9.60. The van der Waals surface area contributed by atoms with Crippen molar-refractivity contribution >= 4 is 0 Å². The summed E-state index contributed by atoms with van der Waals surface area (Å²) < 4.78 is 0. The van der Waals surface area contributed by atoms with E-state index in [9.17, 15) is 0 Å². The summed E-state index contributed by atoms with van der Waals surface area (Å²) in [6, 6.07) is 0. The van der Waals surface area contributed by atoms with Gasteiger partial charge in [-0.25, -0.2) is 0 Å². The van der Waals surface area contributed by atoms with Crippen LogP contribution in [0.5, 0.6) is 0 Å². The Kier molecular flexibility index (Phi) is 9.94. The maximum atomic E-state index is 3.22. The molecule has 0 aromatic carbocycles. The normalized spacial score (nSPS) is 21.5. The maximum Gasteiger partial charge on any atom is -0.00213 e. The van der Waals surface area contributed by atoms with E-state index in [4.69, 9.17) is 0 Å². The van der Waals surface area contributed by atoms with Crippen LogP contribution in [-0.4, -0.2) is 38.1 Å². The summed E-state index contributed by atoms with van der Waals surface area (Å²) in [5.74, 6) is 0. The standard InChI is InChI=1S/C5H11N.C4H9N.C2H6/c1-6-4-2-3-5-6;1-2-4-5-3-1;1-2/h2-5H2,1H3;5H,1-4H2;1-2H3. The van der Waals surface area contributed by atoms with E-state index in [1.54, 1.807) is 0 Å². The minimum Gasteiger partial charge on any atom is -0.317 e. The quantitative estimate of drug-likeness (QED) is 0.623. The molecular formula is C11H26N2. The predicted octanol–water partition coefficient (Wildman–Crippen LogP) is 2.11. The number of hydrogen-bond acceptors (Lipinski definition) is 2. The fraction of sp³-hybridized carbons (Fsp3) is 1.00. The molecule has 13 heavy (non-hydrogen) atoms. The summed E-state index contributed by atoms with van der Waals surface area (Å²) in [5, 5.41) is 3.22. The number of likely N-dealkylation sites (tertiary alicyclic amines) is 1. The average Bonchev–Trinajstić information content (AvgIpc) is 2.81. The first-order chi connectivity index (χ1) is 6.39. The third-order valence-electron chi connectivity index (χ3n) is 2.29. The Labute approximate surface area is 83.7 Å². The maximum absolute atomic E-state index is 3.22. The van der Waals surface area contributed by atoms with Crippen molar-refractivity contribution < 1.29 is 0 Å². The fourth-order valence-electron chi connectivity index (χ4n) is 1.50. The highest BCUT2D eigenvalue weighted by atomic mass is 15.1. The topological polar surface area (TPSA) is 15.3 Å². The van der Waals surface area contributed by atoms with Gasteiger partial charge >= 0.3 is 0 Å². The van der Waals surface area contributed by atoms with Crippen molar-refractivity contribution in [1.82, 2.24) is 10.2 Å². The van der Waals surface area contributed by atoms with E-state index in [0.717, 1.165) is 0 Å². The molecule has 0 atom stereocenters. The molecule has 2 aliphatic rings. The molecule has 2 saturated heterocycles. The highest BCUT2D eigenvalue weighted by molar-refractivity contribution is 4.59. The first kappa shape index (κ1) is 12.9. The minimum atomic E-state index is 1.25. The second-order valence-corrected chi connectivity index (χ2v) is 3.47. The monoisotopic (exact) mass is 186 g/mol. The summed E-state index contributed by atoms with van der Waals surface area (Å²) in [7, 11) is 2.17. The van der Waals surface area contributed by atoms with E-state index < -0.39 is 0 Å². The van der Waals surface area contributed by atoms with Crippen LogP contribution in [0.2, 0.25) is 0 Å². The SMILES string of the molecule is C1CCNC1.CC.CN1CCCC1. The van der Waals surface area contributed by atoms with Gasteiger partial charge < -0.3 is 10.2 Å². The lowest BCUT2D eigenvalue weighted by atomic mass is 10.4. The van der Waals surface area contributed by atoms with E-state index in [-0.39, 0.29) is 0 Å². The molecule has 0 saturated carbocycles. The van der Waals surface area contributed by atoms with Gasteiger partial charge in [-0.15, -0.1) is 0 Å². The second kappa shape index (κ2) is 10.0. The lowest BCUT2D eigenvalue weighted by molar-refractivity contribution is 0.418. The van der Waals surface area contributed by atoms with Gasteiger partial charge in [-0.1, -0.05) is 13.8 Å². The molecule has 2 heterocycles. The van der Waals surface area contributed by atoms with Crippen LogP contribution in [0.25, 0.3) is 0 Å². The molecule has 2 nitrogen and oxygen atoms in total. The minimum absolute atomic E-state index is 1.25. The van der Waals surface area contributed by atoms with Gasteiger partial charge in [0.1, 0.15) is 0 Å². The Hall–Kier alpha value is -0.0800. The molecule has 0 aromatic rings. The van der Waals surface area contributed by atoms with Crippen LogP contribution in [0.3, 0.4) is 0 Å². The van der Waals surface area contributed by atoms with Crippen molar-refractivity contribution in [3.05, 3.63) is 0 Å². The smallest absolute Gasteiger partial charge is 0.00213 e. The van der Waals surface area contributed by atoms with Crippen LogP contribution >= 0.6 is 0 Å². The number of nitrogens with one attached hydrogen (secondary N) is 1. The van der Waals surface area contributed by atoms with Crippen molar-refractivity contribution in [3.8, 4) is 0 Å². The summed E-state index contributed by atoms with van der Waals surface area (Å²) >= 11 is 0. The molecule has 0 radical (unpaired) electrons. The molecule has 0 aromatic heterocycles. The Morgan fingerprint density at radius 1 is 0.846 bits per heavy atom. The van der Waals surface area contributed by atoms with Crippen LogP contribution in [0.1, 0.15) is 39.5 Å². The lowest BCUT2D eigenvalue weighted by Crippen LogP contribution is -2.10. The first-order valence-electron chi connectivity index (χ1n) is 5.79. The van der Waals surface area contributed by atoms with Crippen LogP contribution in [-0.2, 0) is 0 Å². The predicted molar refractivity (Wildman–Crippen MR) is 60.2 cm³/mol. The Morgan fingerprint density at radius 3 is 1.46 bits per heavy atom. The van der Waals surface area contributed by atoms with E-state index in [1.165, 1.54) is 51.9 Å². The van der Waals surface area contributed by atoms with E-state index >= 15 is 0 Å². The number of rotatable bonds is 0. The molecule has 1 N–H and O–H groups in total. The molecule has 80 valence electrons. The van der Waals surface area contributed by atoms with Gasteiger partial charge in [0.15, 0.2) is 0 Å². The zero-order chi connectivity index (χ0) is 9.94. The highest BCUT2D eigenvalue weighted by Gasteiger charge is 2.03.